The molecule has 5 nitrogen and oxygen atoms in total. The van der Waals surface area contributed by atoms with Crippen LogP contribution in [0, 0.1) is 13.8 Å². The number of hydrogen-bond acceptors (Lipinski definition) is 2. The Morgan fingerprint density at radius 3 is 2.54 bits per heavy atom. The van der Waals surface area contributed by atoms with Gasteiger partial charge in [0, 0.05) is 34.7 Å². The van der Waals surface area contributed by atoms with Crippen LogP contribution in [0.4, 0.5) is 0 Å². The standard InChI is InChI=1S/C34H22N4O/c1-19-7-5-8-20(2)29(19)26-18-37-33-30-22(21-14-15-35-17-25(21)38(26)33)12-13-28-32(30)34(37)31-23(9-6-11-27(31)39-28)24-10-3-4-16-36(24)34/h3-18H,1-2H3/q+2. The average Bonchev–Trinajstić information content (AvgIpc) is 3.59. The maximum atomic E-state index is 6.70. The number of aryl methyl sites for hydroxylation is 2. The Bertz CT molecular complexity index is 2280. The zero-order valence-electron chi connectivity index (χ0n) is 21.4. The molecular formula is C34H22N4O+2. The average molecular weight is 503 g/mol. The highest BCUT2D eigenvalue weighted by Crippen LogP contribution is 2.57. The zero-order chi connectivity index (χ0) is 25.6. The van der Waals surface area contributed by atoms with Crippen LogP contribution in [-0.2, 0) is 5.66 Å². The highest BCUT2D eigenvalue weighted by molar-refractivity contribution is 6.15. The molecule has 1 spiro atoms. The summed E-state index contributed by atoms with van der Waals surface area (Å²) < 4.78 is 14.1. The quantitative estimate of drug-likeness (QED) is 0.198. The molecule has 0 radical (unpaired) electrons. The third-order valence-corrected chi connectivity index (χ3v) is 9.17. The van der Waals surface area contributed by atoms with Crippen molar-refractivity contribution in [2.45, 2.75) is 19.5 Å². The van der Waals surface area contributed by atoms with Gasteiger partial charge in [-0.3, -0.25) is 4.98 Å². The van der Waals surface area contributed by atoms with E-state index in [0.717, 1.165) is 17.0 Å². The van der Waals surface area contributed by atoms with Crippen molar-refractivity contribution in [3.05, 3.63) is 120 Å². The predicted octanol–water partition coefficient (Wildman–Crippen LogP) is 6.20. The highest BCUT2D eigenvalue weighted by Gasteiger charge is 2.68. The maximum absolute atomic E-state index is 6.70. The van der Waals surface area contributed by atoms with Gasteiger partial charge in [0.15, 0.2) is 17.4 Å². The topological polar surface area (TPSA) is 34.3 Å². The van der Waals surface area contributed by atoms with Gasteiger partial charge >= 0.3 is 11.3 Å². The normalized spacial score (nSPS) is 17.3. The number of imidazole rings is 1. The zero-order valence-corrected chi connectivity index (χ0v) is 21.4. The fraction of sp³-hybridized carbons (Fsp3) is 0.0882. The molecule has 10 rings (SSSR count). The summed E-state index contributed by atoms with van der Waals surface area (Å²) in [7, 11) is 0. The molecule has 3 aromatic carbocycles. The lowest BCUT2D eigenvalue weighted by atomic mass is 9.85. The van der Waals surface area contributed by atoms with E-state index in [9.17, 15) is 0 Å². The number of nitrogens with zero attached hydrogens (tertiary/aromatic N) is 4. The Hall–Kier alpha value is -5.03. The van der Waals surface area contributed by atoms with E-state index in [1.165, 1.54) is 66.6 Å². The van der Waals surface area contributed by atoms with Crippen molar-refractivity contribution in [1.29, 1.82) is 0 Å². The Morgan fingerprint density at radius 1 is 0.795 bits per heavy atom. The summed E-state index contributed by atoms with van der Waals surface area (Å²) in [6.07, 6.45) is 8.53. The van der Waals surface area contributed by atoms with Crippen LogP contribution in [0.25, 0.3) is 49.8 Å². The summed E-state index contributed by atoms with van der Waals surface area (Å²) in [5.41, 5.74) is 11.5. The molecule has 0 saturated carbocycles. The second-order valence-electron chi connectivity index (χ2n) is 11.0. The van der Waals surface area contributed by atoms with E-state index in [2.05, 4.69) is 118 Å². The Balaban J connectivity index is 1.54. The highest BCUT2D eigenvalue weighted by atomic mass is 16.5. The molecule has 182 valence electrons. The van der Waals surface area contributed by atoms with Gasteiger partial charge < -0.3 is 4.74 Å². The molecule has 0 aliphatic carbocycles. The van der Waals surface area contributed by atoms with Gasteiger partial charge in [-0.2, -0.15) is 8.97 Å². The van der Waals surface area contributed by atoms with Crippen LogP contribution < -0.4 is 13.9 Å². The van der Waals surface area contributed by atoms with Crippen molar-refractivity contribution in [2.75, 3.05) is 0 Å². The molecule has 0 amide bonds. The number of aromatic nitrogens is 4. The number of pyridine rings is 3. The van der Waals surface area contributed by atoms with E-state index in [0.29, 0.717) is 0 Å². The molecular weight excluding hydrogens is 480 g/mol. The maximum Gasteiger partial charge on any atom is 0.371 e. The lowest BCUT2D eigenvalue weighted by molar-refractivity contribution is -0.950. The smallest absolute Gasteiger partial charge is 0.371 e. The van der Waals surface area contributed by atoms with E-state index < -0.39 is 5.66 Å². The van der Waals surface area contributed by atoms with Crippen LogP contribution in [0.3, 0.4) is 0 Å². The first-order chi connectivity index (χ1) is 19.2. The van der Waals surface area contributed by atoms with Gasteiger partial charge in [0.2, 0.25) is 5.69 Å². The first-order valence-electron chi connectivity index (χ1n) is 13.4. The summed E-state index contributed by atoms with van der Waals surface area (Å²) in [4.78, 5) is 4.60. The third kappa shape index (κ3) is 1.99. The van der Waals surface area contributed by atoms with Crippen molar-refractivity contribution in [3.8, 4) is 34.0 Å². The van der Waals surface area contributed by atoms with Crippen LogP contribution in [-0.4, -0.2) is 9.38 Å². The summed E-state index contributed by atoms with van der Waals surface area (Å²) in [5.74, 6) is 1.84. The fourth-order valence-corrected chi connectivity index (χ4v) is 7.82. The first kappa shape index (κ1) is 20.0. The Labute approximate surface area is 223 Å². The molecule has 3 aliphatic rings. The molecule has 1 unspecified atom stereocenters. The lowest BCUT2D eigenvalue weighted by Crippen LogP contribution is -2.71. The van der Waals surface area contributed by atoms with Gasteiger partial charge in [-0.1, -0.05) is 24.3 Å². The molecule has 1 atom stereocenters. The molecule has 0 saturated heterocycles. The molecule has 7 aromatic rings. The van der Waals surface area contributed by atoms with Crippen LogP contribution in [0.2, 0.25) is 0 Å². The van der Waals surface area contributed by atoms with E-state index >= 15 is 0 Å². The second-order valence-corrected chi connectivity index (χ2v) is 11.0. The Kier molecular flexibility index (Phi) is 3.25. The summed E-state index contributed by atoms with van der Waals surface area (Å²) >= 11 is 0. The summed E-state index contributed by atoms with van der Waals surface area (Å²) in [6, 6.07) is 26.1. The molecule has 0 N–H and O–H groups in total. The van der Waals surface area contributed by atoms with Gasteiger partial charge in [0.1, 0.15) is 28.8 Å². The summed E-state index contributed by atoms with van der Waals surface area (Å²) in [6.45, 7) is 4.42. The molecule has 7 heterocycles. The van der Waals surface area contributed by atoms with Crippen molar-refractivity contribution in [3.63, 3.8) is 0 Å². The van der Waals surface area contributed by atoms with Crippen molar-refractivity contribution in [2.24, 2.45) is 0 Å². The number of rotatable bonds is 1. The minimum Gasteiger partial charge on any atom is -0.456 e. The third-order valence-electron chi connectivity index (χ3n) is 9.17. The molecule has 3 aliphatic heterocycles. The summed E-state index contributed by atoms with van der Waals surface area (Å²) in [5, 5.41) is 3.66. The van der Waals surface area contributed by atoms with E-state index in [1.807, 2.05) is 12.4 Å². The fourth-order valence-electron chi connectivity index (χ4n) is 7.82. The monoisotopic (exact) mass is 502 g/mol. The largest absolute Gasteiger partial charge is 0.456 e. The van der Waals surface area contributed by atoms with Gasteiger partial charge in [0.05, 0.1) is 17.1 Å². The van der Waals surface area contributed by atoms with Crippen LogP contribution in [0.5, 0.6) is 11.5 Å². The van der Waals surface area contributed by atoms with E-state index in [1.54, 1.807) is 0 Å². The van der Waals surface area contributed by atoms with Crippen molar-refractivity contribution in [1.82, 2.24) is 9.38 Å². The Morgan fingerprint density at radius 2 is 1.64 bits per heavy atom. The van der Waals surface area contributed by atoms with E-state index in [-0.39, 0.29) is 0 Å². The molecule has 0 fully saturated rings. The molecule has 0 bridgehead atoms. The minimum atomic E-state index is -0.581. The number of hydrogen-bond donors (Lipinski definition) is 0. The van der Waals surface area contributed by atoms with Gasteiger partial charge in [-0.25, -0.2) is 0 Å². The molecule has 5 heteroatoms. The van der Waals surface area contributed by atoms with Crippen LogP contribution >= 0.6 is 0 Å². The SMILES string of the molecule is Cc1cccc(C)c1-c1c[n+]2c3c4c5c(ccc4c4ccncc4n13)Oc1cccc3c1C52[n+]1ccccc1-3. The second kappa shape index (κ2) is 6.33. The predicted molar refractivity (Wildman–Crippen MR) is 149 cm³/mol. The van der Waals surface area contributed by atoms with Gasteiger partial charge in [-0.15, -0.1) is 4.57 Å². The first-order valence-corrected chi connectivity index (χ1v) is 13.4. The molecule has 4 aromatic heterocycles. The van der Waals surface area contributed by atoms with E-state index in [4.69, 9.17) is 4.74 Å². The van der Waals surface area contributed by atoms with Gasteiger partial charge in [-0.05, 0) is 61.4 Å². The molecule has 39 heavy (non-hydrogen) atoms. The van der Waals surface area contributed by atoms with Crippen molar-refractivity contribution < 1.29 is 13.9 Å². The number of ether oxygens (including phenoxy) is 1. The van der Waals surface area contributed by atoms with Crippen molar-refractivity contribution >= 4 is 27.3 Å². The lowest BCUT2D eigenvalue weighted by Gasteiger charge is -2.27. The van der Waals surface area contributed by atoms with Crippen LogP contribution in [0.15, 0.2) is 97.6 Å². The number of benzene rings is 3. The minimum absolute atomic E-state index is 0.581. The van der Waals surface area contributed by atoms with Gasteiger partial charge in [0.25, 0.3) is 0 Å². The van der Waals surface area contributed by atoms with Crippen LogP contribution in [0.1, 0.15) is 22.3 Å². The number of fused-ring (bicyclic) bond motifs is 5.